The Kier molecular flexibility index (Phi) is 3.45. The predicted molar refractivity (Wildman–Crippen MR) is 61.8 cm³/mol. The molecule has 0 saturated heterocycles. The van der Waals surface area contributed by atoms with Gasteiger partial charge in [-0.25, -0.2) is 0 Å². The van der Waals surface area contributed by atoms with Crippen LogP contribution in [0.3, 0.4) is 0 Å². The van der Waals surface area contributed by atoms with Crippen LogP contribution in [0.25, 0.3) is 0 Å². The summed E-state index contributed by atoms with van der Waals surface area (Å²) >= 11 is 0. The van der Waals surface area contributed by atoms with Crippen molar-refractivity contribution in [2.45, 2.75) is 44.7 Å². The van der Waals surface area contributed by atoms with E-state index in [2.05, 4.69) is 6.92 Å². The summed E-state index contributed by atoms with van der Waals surface area (Å²) in [6.07, 6.45) is 0.357. The van der Waals surface area contributed by atoms with Crippen LogP contribution < -0.4 is 0 Å². The van der Waals surface area contributed by atoms with E-state index < -0.39 is 11.7 Å². The first-order valence-corrected chi connectivity index (χ1v) is 6.14. The van der Waals surface area contributed by atoms with Crippen LogP contribution in [0.2, 0.25) is 0 Å². The fourth-order valence-corrected chi connectivity index (χ4v) is 2.54. The topological polar surface area (TPSA) is 0 Å². The maximum Gasteiger partial charge on any atom is 0.416 e. The van der Waals surface area contributed by atoms with Gasteiger partial charge in [0, 0.05) is 0 Å². The van der Waals surface area contributed by atoms with E-state index in [4.69, 9.17) is 0 Å². The molecule has 0 atom stereocenters. The van der Waals surface area contributed by atoms with E-state index >= 15 is 0 Å². The van der Waals surface area contributed by atoms with Gasteiger partial charge in [-0.15, -0.1) is 0 Å². The van der Waals surface area contributed by atoms with Gasteiger partial charge in [-0.3, -0.25) is 0 Å². The zero-order valence-corrected chi connectivity index (χ0v) is 9.93. The third kappa shape index (κ3) is 3.02. The van der Waals surface area contributed by atoms with Crippen LogP contribution in [0.4, 0.5) is 13.2 Å². The van der Waals surface area contributed by atoms with E-state index in [-0.39, 0.29) is 0 Å². The Balaban J connectivity index is 2.08. The molecule has 1 aliphatic rings. The largest absolute Gasteiger partial charge is 0.416 e. The smallest absolute Gasteiger partial charge is 0.166 e. The molecule has 1 saturated carbocycles. The Morgan fingerprint density at radius 2 is 1.47 bits per heavy atom. The molecule has 0 heterocycles. The second-order valence-corrected chi connectivity index (χ2v) is 5.08. The van der Waals surface area contributed by atoms with Gasteiger partial charge in [-0.2, -0.15) is 13.2 Å². The Morgan fingerprint density at radius 3 is 1.94 bits per heavy atom. The van der Waals surface area contributed by atoms with E-state index in [1.165, 1.54) is 25.0 Å². The zero-order chi connectivity index (χ0) is 12.5. The SMILES string of the molecule is C[C@H]1CC[C@@H](c2ccc(C(F)(F)F)cc2)CC1. The van der Waals surface area contributed by atoms with Gasteiger partial charge in [0.1, 0.15) is 0 Å². The molecule has 0 nitrogen and oxygen atoms in total. The normalized spacial score (nSPS) is 25.9. The Bertz CT molecular complexity index is 356. The number of halogens is 3. The van der Waals surface area contributed by atoms with Crippen LogP contribution in [-0.4, -0.2) is 0 Å². The number of rotatable bonds is 1. The third-order valence-electron chi connectivity index (χ3n) is 3.73. The van der Waals surface area contributed by atoms with Crippen molar-refractivity contribution < 1.29 is 13.2 Å². The van der Waals surface area contributed by atoms with Gasteiger partial charge >= 0.3 is 6.18 Å². The minimum atomic E-state index is -4.22. The van der Waals surface area contributed by atoms with Gasteiger partial charge in [-0.1, -0.05) is 31.9 Å². The van der Waals surface area contributed by atoms with E-state index in [0.29, 0.717) is 5.92 Å². The van der Waals surface area contributed by atoms with Gasteiger partial charge in [0.15, 0.2) is 0 Å². The number of hydrogen-bond donors (Lipinski definition) is 0. The van der Waals surface area contributed by atoms with Crippen LogP contribution in [0.5, 0.6) is 0 Å². The minimum absolute atomic E-state index is 0.452. The van der Waals surface area contributed by atoms with Gasteiger partial charge in [-0.05, 0) is 42.4 Å². The molecule has 0 amide bonds. The first-order valence-electron chi connectivity index (χ1n) is 6.14. The lowest BCUT2D eigenvalue weighted by atomic mass is 9.79. The molecule has 0 N–H and O–H groups in total. The summed E-state index contributed by atoms with van der Waals surface area (Å²) in [6.45, 7) is 2.24. The first-order chi connectivity index (χ1) is 7.97. The molecule has 1 aliphatic carbocycles. The molecule has 1 aromatic rings. The van der Waals surface area contributed by atoms with Crippen molar-refractivity contribution in [3.05, 3.63) is 35.4 Å². The lowest BCUT2D eigenvalue weighted by Gasteiger charge is -2.26. The predicted octanol–water partition coefficient (Wildman–Crippen LogP) is 5.00. The number of alkyl halides is 3. The highest BCUT2D eigenvalue weighted by molar-refractivity contribution is 5.27. The summed E-state index contributed by atoms with van der Waals surface area (Å²) in [5, 5.41) is 0. The summed E-state index contributed by atoms with van der Waals surface area (Å²) in [4.78, 5) is 0. The summed E-state index contributed by atoms with van der Waals surface area (Å²) in [5.74, 6) is 1.22. The van der Waals surface area contributed by atoms with Crippen LogP contribution in [0.1, 0.15) is 49.7 Å². The van der Waals surface area contributed by atoms with Crippen molar-refractivity contribution in [2.24, 2.45) is 5.92 Å². The van der Waals surface area contributed by atoms with Crippen LogP contribution >= 0.6 is 0 Å². The van der Waals surface area contributed by atoms with Gasteiger partial charge < -0.3 is 0 Å². The highest BCUT2D eigenvalue weighted by Crippen LogP contribution is 2.36. The van der Waals surface area contributed by atoms with Crippen molar-refractivity contribution in [1.29, 1.82) is 0 Å². The highest BCUT2D eigenvalue weighted by Gasteiger charge is 2.30. The molecule has 1 aromatic carbocycles. The molecular weight excluding hydrogens is 225 g/mol. The van der Waals surface area contributed by atoms with E-state index in [0.717, 1.165) is 24.3 Å². The van der Waals surface area contributed by atoms with Crippen molar-refractivity contribution in [3.63, 3.8) is 0 Å². The molecule has 0 radical (unpaired) electrons. The monoisotopic (exact) mass is 242 g/mol. The molecule has 17 heavy (non-hydrogen) atoms. The summed E-state index contributed by atoms with van der Waals surface area (Å²) in [5.41, 5.74) is 0.510. The quantitative estimate of drug-likeness (QED) is 0.650. The number of benzene rings is 1. The van der Waals surface area contributed by atoms with E-state index in [1.807, 2.05) is 0 Å². The molecule has 0 aromatic heterocycles. The maximum absolute atomic E-state index is 12.4. The summed E-state index contributed by atoms with van der Waals surface area (Å²) < 4.78 is 37.2. The molecule has 1 fully saturated rings. The van der Waals surface area contributed by atoms with E-state index in [9.17, 15) is 13.2 Å². The Labute approximate surface area is 99.8 Å². The second kappa shape index (κ2) is 4.71. The molecule has 0 bridgehead atoms. The molecule has 0 aliphatic heterocycles. The zero-order valence-electron chi connectivity index (χ0n) is 9.93. The maximum atomic E-state index is 12.4. The lowest BCUT2D eigenvalue weighted by molar-refractivity contribution is -0.137. The van der Waals surface area contributed by atoms with Crippen molar-refractivity contribution >= 4 is 0 Å². The van der Waals surface area contributed by atoms with Crippen LogP contribution in [0, 0.1) is 5.92 Å². The molecule has 94 valence electrons. The average Bonchev–Trinajstić information content (AvgIpc) is 2.29. The Morgan fingerprint density at radius 1 is 0.941 bits per heavy atom. The van der Waals surface area contributed by atoms with Crippen molar-refractivity contribution in [1.82, 2.24) is 0 Å². The molecular formula is C14H17F3. The molecule has 0 spiro atoms. The third-order valence-corrected chi connectivity index (χ3v) is 3.73. The minimum Gasteiger partial charge on any atom is -0.166 e. The van der Waals surface area contributed by atoms with Gasteiger partial charge in [0.2, 0.25) is 0 Å². The lowest BCUT2D eigenvalue weighted by Crippen LogP contribution is -2.11. The Hall–Kier alpha value is -0.990. The van der Waals surface area contributed by atoms with Gasteiger partial charge in [0.05, 0.1) is 5.56 Å². The molecule has 0 unspecified atom stereocenters. The fraction of sp³-hybridized carbons (Fsp3) is 0.571. The van der Waals surface area contributed by atoms with Crippen molar-refractivity contribution in [2.75, 3.05) is 0 Å². The number of hydrogen-bond acceptors (Lipinski definition) is 0. The first kappa shape index (κ1) is 12.5. The van der Waals surface area contributed by atoms with E-state index in [1.54, 1.807) is 12.1 Å². The standard InChI is InChI=1S/C14H17F3/c1-10-2-4-11(5-3-10)12-6-8-13(9-7-12)14(15,16)17/h6-11H,2-5H2,1H3/t10-,11+. The second-order valence-electron chi connectivity index (χ2n) is 5.08. The van der Waals surface area contributed by atoms with Crippen LogP contribution in [-0.2, 0) is 6.18 Å². The molecule has 2 rings (SSSR count). The highest BCUT2D eigenvalue weighted by atomic mass is 19.4. The van der Waals surface area contributed by atoms with Crippen molar-refractivity contribution in [3.8, 4) is 0 Å². The fourth-order valence-electron chi connectivity index (χ4n) is 2.54. The van der Waals surface area contributed by atoms with Crippen LogP contribution in [0.15, 0.2) is 24.3 Å². The average molecular weight is 242 g/mol. The molecule has 3 heteroatoms. The summed E-state index contributed by atoms with van der Waals surface area (Å²) in [7, 11) is 0. The summed E-state index contributed by atoms with van der Waals surface area (Å²) in [6, 6.07) is 5.69. The van der Waals surface area contributed by atoms with Gasteiger partial charge in [0.25, 0.3) is 0 Å².